The van der Waals surface area contributed by atoms with Gasteiger partial charge in [0.05, 0.1) is 5.88 Å². The Balaban J connectivity index is 2.39. The summed E-state index contributed by atoms with van der Waals surface area (Å²) in [6, 6.07) is 14.2. The molecule has 1 nitrogen and oxygen atoms in total. The van der Waals surface area contributed by atoms with Gasteiger partial charge in [-0.15, -0.1) is 11.6 Å². The van der Waals surface area contributed by atoms with Crippen LogP contribution in [0.5, 0.6) is 11.5 Å². The number of hydrogen-bond donors (Lipinski definition) is 0. The lowest BCUT2D eigenvalue weighted by Crippen LogP contribution is -1.96. The summed E-state index contributed by atoms with van der Waals surface area (Å²) in [7, 11) is 0. The van der Waals surface area contributed by atoms with Crippen LogP contribution in [0.15, 0.2) is 42.5 Å². The van der Waals surface area contributed by atoms with Gasteiger partial charge in [0, 0.05) is 5.56 Å². The molecule has 0 saturated heterocycles. The molecule has 2 aromatic rings. The van der Waals surface area contributed by atoms with Crippen LogP contribution in [-0.4, -0.2) is 0 Å². The maximum absolute atomic E-state index is 6.09. The summed E-state index contributed by atoms with van der Waals surface area (Å²) in [5.74, 6) is 2.65. The Morgan fingerprint density at radius 1 is 1.05 bits per heavy atom. The quantitative estimate of drug-likeness (QED) is 0.655. The first-order chi connectivity index (χ1) is 9.11. The zero-order chi connectivity index (χ0) is 13.8. The van der Waals surface area contributed by atoms with Gasteiger partial charge in [-0.2, -0.15) is 0 Å². The van der Waals surface area contributed by atoms with Crippen molar-refractivity contribution in [1.29, 1.82) is 0 Å². The predicted molar refractivity (Wildman–Crippen MR) is 81.3 cm³/mol. The fourth-order valence-corrected chi connectivity index (χ4v) is 2.26. The lowest BCUT2D eigenvalue weighted by molar-refractivity contribution is 0.468. The van der Waals surface area contributed by atoms with Gasteiger partial charge >= 0.3 is 0 Å². The highest BCUT2D eigenvalue weighted by molar-refractivity contribution is 6.17. The Morgan fingerprint density at radius 2 is 1.79 bits per heavy atom. The number of halogens is 1. The summed E-state index contributed by atoms with van der Waals surface area (Å²) in [6.45, 7) is 6.42. The molecule has 0 aliphatic heterocycles. The summed E-state index contributed by atoms with van der Waals surface area (Å²) in [6.07, 6.45) is 0. The molecule has 0 aliphatic carbocycles. The molecular formula is C17H19ClO. The first-order valence-electron chi connectivity index (χ1n) is 6.54. The van der Waals surface area contributed by atoms with Crippen LogP contribution in [0, 0.1) is 6.92 Å². The Bertz CT molecular complexity index is 561. The van der Waals surface area contributed by atoms with Crippen molar-refractivity contribution in [3.8, 4) is 11.5 Å². The molecule has 0 spiro atoms. The minimum absolute atomic E-state index is 0.429. The van der Waals surface area contributed by atoms with Crippen molar-refractivity contribution < 1.29 is 4.74 Å². The van der Waals surface area contributed by atoms with Gasteiger partial charge in [-0.3, -0.25) is 0 Å². The van der Waals surface area contributed by atoms with Gasteiger partial charge in [-0.05, 0) is 36.1 Å². The van der Waals surface area contributed by atoms with Crippen LogP contribution < -0.4 is 4.74 Å². The molecule has 0 amide bonds. The van der Waals surface area contributed by atoms with Crippen molar-refractivity contribution >= 4 is 11.6 Å². The highest BCUT2D eigenvalue weighted by atomic mass is 35.5. The molecule has 0 bridgehead atoms. The lowest BCUT2D eigenvalue weighted by atomic mass is 10.0. The molecule has 2 rings (SSSR count). The first-order valence-corrected chi connectivity index (χ1v) is 7.07. The molecule has 0 atom stereocenters. The van der Waals surface area contributed by atoms with E-state index in [-0.39, 0.29) is 0 Å². The minimum Gasteiger partial charge on any atom is -0.457 e. The third-order valence-electron chi connectivity index (χ3n) is 3.13. The first kappa shape index (κ1) is 14.0. The average Bonchev–Trinajstić information content (AvgIpc) is 2.39. The van der Waals surface area contributed by atoms with Crippen LogP contribution in [-0.2, 0) is 5.88 Å². The summed E-state index contributed by atoms with van der Waals surface area (Å²) in [4.78, 5) is 0. The fraction of sp³-hybridized carbons (Fsp3) is 0.294. The number of aryl methyl sites for hydroxylation is 1. The van der Waals surface area contributed by atoms with E-state index >= 15 is 0 Å². The van der Waals surface area contributed by atoms with Crippen LogP contribution >= 0.6 is 11.6 Å². The summed E-state index contributed by atoms with van der Waals surface area (Å²) >= 11 is 5.95. The van der Waals surface area contributed by atoms with E-state index in [0.29, 0.717) is 11.8 Å². The molecule has 2 aromatic carbocycles. The Kier molecular flexibility index (Phi) is 4.49. The normalized spacial score (nSPS) is 10.8. The van der Waals surface area contributed by atoms with E-state index in [0.717, 1.165) is 17.1 Å². The number of rotatable bonds is 4. The molecule has 0 heterocycles. The van der Waals surface area contributed by atoms with Crippen molar-refractivity contribution in [2.45, 2.75) is 32.6 Å². The molecule has 100 valence electrons. The number of para-hydroxylation sites is 1. The van der Waals surface area contributed by atoms with Crippen LogP contribution in [0.1, 0.15) is 36.5 Å². The Morgan fingerprint density at radius 3 is 2.47 bits per heavy atom. The van der Waals surface area contributed by atoms with E-state index in [1.54, 1.807) is 0 Å². The molecule has 0 saturated carbocycles. The molecule has 0 aromatic heterocycles. The zero-order valence-corrected chi connectivity index (χ0v) is 12.4. The molecule has 0 unspecified atom stereocenters. The van der Waals surface area contributed by atoms with E-state index in [1.165, 1.54) is 11.1 Å². The van der Waals surface area contributed by atoms with E-state index in [1.807, 2.05) is 24.3 Å². The summed E-state index contributed by atoms with van der Waals surface area (Å²) in [5, 5.41) is 0. The highest BCUT2D eigenvalue weighted by Crippen LogP contribution is 2.33. The van der Waals surface area contributed by atoms with Gasteiger partial charge in [-0.1, -0.05) is 44.2 Å². The van der Waals surface area contributed by atoms with E-state index < -0.39 is 0 Å². The van der Waals surface area contributed by atoms with Gasteiger partial charge in [0.15, 0.2) is 0 Å². The second kappa shape index (κ2) is 6.12. The summed E-state index contributed by atoms with van der Waals surface area (Å²) < 4.78 is 6.09. The second-order valence-corrected chi connectivity index (χ2v) is 5.31. The van der Waals surface area contributed by atoms with Gasteiger partial charge < -0.3 is 4.74 Å². The minimum atomic E-state index is 0.429. The lowest BCUT2D eigenvalue weighted by Gasteiger charge is -2.16. The highest BCUT2D eigenvalue weighted by Gasteiger charge is 2.10. The molecular weight excluding hydrogens is 256 g/mol. The van der Waals surface area contributed by atoms with Crippen molar-refractivity contribution in [3.63, 3.8) is 0 Å². The maximum atomic E-state index is 6.09. The van der Waals surface area contributed by atoms with Gasteiger partial charge in [0.1, 0.15) is 11.5 Å². The van der Waals surface area contributed by atoms with E-state index in [4.69, 9.17) is 16.3 Å². The molecule has 0 fully saturated rings. The van der Waals surface area contributed by atoms with Crippen molar-refractivity contribution in [1.82, 2.24) is 0 Å². The molecule has 0 radical (unpaired) electrons. The third kappa shape index (κ3) is 3.30. The largest absolute Gasteiger partial charge is 0.457 e. The monoisotopic (exact) mass is 274 g/mol. The van der Waals surface area contributed by atoms with Crippen molar-refractivity contribution in [2.24, 2.45) is 0 Å². The van der Waals surface area contributed by atoms with Crippen molar-refractivity contribution in [2.75, 3.05) is 0 Å². The van der Waals surface area contributed by atoms with Gasteiger partial charge in [-0.25, -0.2) is 0 Å². The number of hydrogen-bond acceptors (Lipinski definition) is 1. The van der Waals surface area contributed by atoms with Crippen LogP contribution in [0.25, 0.3) is 0 Å². The van der Waals surface area contributed by atoms with Gasteiger partial charge in [0.2, 0.25) is 0 Å². The second-order valence-electron chi connectivity index (χ2n) is 5.04. The smallest absolute Gasteiger partial charge is 0.131 e. The van der Waals surface area contributed by atoms with Crippen molar-refractivity contribution in [3.05, 3.63) is 59.2 Å². The topological polar surface area (TPSA) is 9.23 Å². The van der Waals surface area contributed by atoms with E-state index in [9.17, 15) is 0 Å². The van der Waals surface area contributed by atoms with E-state index in [2.05, 4.69) is 39.0 Å². The Hall–Kier alpha value is -1.47. The molecule has 0 aliphatic rings. The molecule has 19 heavy (non-hydrogen) atoms. The summed E-state index contributed by atoms with van der Waals surface area (Å²) in [5.41, 5.74) is 3.43. The standard InChI is InChI=1S/C17H19ClO/c1-12(2)15-9-8-13(3)10-17(15)19-16-7-5-4-6-14(16)11-18/h4-10,12H,11H2,1-3H3. The maximum Gasteiger partial charge on any atom is 0.131 e. The third-order valence-corrected chi connectivity index (χ3v) is 3.42. The molecule has 0 N–H and O–H groups in total. The van der Waals surface area contributed by atoms with Crippen LogP contribution in [0.4, 0.5) is 0 Å². The number of alkyl halides is 1. The average molecular weight is 275 g/mol. The number of ether oxygens (including phenoxy) is 1. The number of benzene rings is 2. The Labute approximate surface area is 120 Å². The van der Waals surface area contributed by atoms with Crippen LogP contribution in [0.2, 0.25) is 0 Å². The fourth-order valence-electron chi connectivity index (χ4n) is 2.04. The van der Waals surface area contributed by atoms with Gasteiger partial charge in [0.25, 0.3) is 0 Å². The SMILES string of the molecule is Cc1ccc(C(C)C)c(Oc2ccccc2CCl)c1. The van der Waals surface area contributed by atoms with Crippen LogP contribution in [0.3, 0.4) is 0 Å². The molecule has 2 heteroatoms. The predicted octanol–water partition coefficient (Wildman–Crippen LogP) is 5.65. The zero-order valence-electron chi connectivity index (χ0n) is 11.6.